The van der Waals surface area contributed by atoms with Gasteiger partial charge in [-0.05, 0) is 30.3 Å². The highest BCUT2D eigenvalue weighted by atomic mass is 35.5. The number of aromatic amines is 1. The Morgan fingerprint density at radius 2 is 1.75 bits per heavy atom. The summed E-state index contributed by atoms with van der Waals surface area (Å²) in [6.45, 7) is 0. The van der Waals surface area contributed by atoms with Gasteiger partial charge in [-0.3, -0.25) is 9.89 Å². The Hall–Kier alpha value is -2.46. The van der Waals surface area contributed by atoms with Crippen LogP contribution in [0.4, 0.5) is 5.69 Å². The molecule has 2 aromatic carbocycles. The van der Waals surface area contributed by atoms with Crippen LogP contribution in [-0.2, 0) is 0 Å². The highest BCUT2D eigenvalue weighted by molar-refractivity contribution is 6.30. The molecule has 3 N–H and O–H groups in total. The zero-order chi connectivity index (χ0) is 14.1. The minimum Gasteiger partial charge on any atom is -0.398 e. The summed E-state index contributed by atoms with van der Waals surface area (Å²) >= 11 is 5.85. The highest BCUT2D eigenvalue weighted by Crippen LogP contribution is 2.23. The molecule has 0 saturated heterocycles. The number of hydrogen-bond donors (Lipinski definition) is 2. The largest absolute Gasteiger partial charge is 0.398 e. The Balaban J connectivity index is 2.10. The van der Waals surface area contributed by atoms with Crippen molar-refractivity contribution in [1.29, 1.82) is 0 Å². The van der Waals surface area contributed by atoms with E-state index < -0.39 is 0 Å². The third kappa shape index (κ3) is 2.21. The van der Waals surface area contributed by atoms with Gasteiger partial charge in [-0.15, -0.1) is 0 Å². The zero-order valence-electron chi connectivity index (χ0n) is 10.5. The molecule has 0 atom stereocenters. The number of nitrogens with zero attached hydrogens (tertiary/aromatic N) is 1. The van der Waals surface area contributed by atoms with Crippen molar-refractivity contribution in [3.8, 4) is 16.9 Å². The molecule has 0 amide bonds. The molecule has 0 bridgehead atoms. The van der Waals surface area contributed by atoms with Crippen LogP contribution in [0.3, 0.4) is 0 Å². The summed E-state index contributed by atoms with van der Waals surface area (Å²) in [5, 5.41) is 3.68. The lowest BCUT2D eigenvalue weighted by Crippen LogP contribution is -2.13. The maximum Gasteiger partial charge on any atom is 0.271 e. The van der Waals surface area contributed by atoms with Crippen molar-refractivity contribution >= 4 is 17.3 Å². The maximum absolute atomic E-state index is 12.1. The first-order valence-corrected chi connectivity index (χ1v) is 6.46. The number of nitrogen functional groups attached to an aromatic ring is 1. The van der Waals surface area contributed by atoms with Crippen molar-refractivity contribution in [2.75, 3.05) is 5.73 Å². The average molecular weight is 286 g/mol. The van der Waals surface area contributed by atoms with Crippen LogP contribution in [-0.4, -0.2) is 9.78 Å². The first-order valence-electron chi connectivity index (χ1n) is 6.08. The highest BCUT2D eigenvalue weighted by Gasteiger charge is 2.08. The van der Waals surface area contributed by atoms with Gasteiger partial charge in [0.25, 0.3) is 5.56 Å². The number of benzene rings is 2. The van der Waals surface area contributed by atoms with E-state index in [2.05, 4.69) is 5.10 Å². The van der Waals surface area contributed by atoms with Gasteiger partial charge in [0.15, 0.2) is 0 Å². The summed E-state index contributed by atoms with van der Waals surface area (Å²) in [7, 11) is 0. The molecule has 0 aliphatic carbocycles. The number of hydrogen-bond acceptors (Lipinski definition) is 2. The van der Waals surface area contributed by atoms with E-state index in [0.717, 1.165) is 11.3 Å². The molecule has 0 fully saturated rings. The number of rotatable bonds is 2. The number of halogens is 1. The standard InChI is InChI=1S/C15H12ClN3O/c16-10-5-7-11(8-6-10)19-15(20)9-14(18-19)12-3-1-2-4-13(12)17/h1-9,18H,17H2. The fraction of sp³-hybridized carbons (Fsp3) is 0. The topological polar surface area (TPSA) is 63.8 Å². The molecule has 0 aliphatic rings. The summed E-state index contributed by atoms with van der Waals surface area (Å²) in [5.41, 5.74) is 8.61. The van der Waals surface area contributed by atoms with Crippen molar-refractivity contribution < 1.29 is 0 Å². The van der Waals surface area contributed by atoms with E-state index in [4.69, 9.17) is 17.3 Å². The number of nitrogens with two attached hydrogens (primary N) is 1. The Bertz CT molecular complexity index is 802. The third-order valence-electron chi connectivity index (χ3n) is 3.06. The number of para-hydroxylation sites is 1. The van der Waals surface area contributed by atoms with Crippen LogP contribution in [0.5, 0.6) is 0 Å². The van der Waals surface area contributed by atoms with Gasteiger partial charge in [0, 0.05) is 22.3 Å². The van der Waals surface area contributed by atoms with Crippen LogP contribution in [0, 0.1) is 0 Å². The molecule has 3 aromatic rings. The fourth-order valence-corrected chi connectivity index (χ4v) is 2.18. The zero-order valence-corrected chi connectivity index (χ0v) is 11.3. The second kappa shape index (κ2) is 4.90. The second-order valence-electron chi connectivity index (χ2n) is 4.41. The molecule has 3 rings (SSSR count). The van der Waals surface area contributed by atoms with E-state index in [1.807, 2.05) is 18.2 Å². The number of aromatic nitrogens is 2. The van der Waals surface area contributed by atoms with Gasteiger partial charge in [0.1, 0.15) is 0 Å². The Morgan fingerprint density at radius 1 is 1.05 bits per heavy atom. The first kappa shape index (κ1) is 12.6. The molecule has 0 saturated carbocycles. The number of H-pyrrole nitrogens is 1. The van der Waals surface area contributed by atoms with Gasteiger partial charge < -0.3 is 5.73 Å². The summed E-state index contributed by atoms with van der Waals surface area (Å²) in [5.74, 6) is 0. The van der Waals surface area contributed by atoms with Crippen LogP contribution >= 0.6 is 11.6 Å². The molecule has 0 aliphatic heterocycles. The van der Waals surface area contributed by atoms with Crippen molar-refractivity contribution in [2.45, 2.75) is 0 Å². The van der Waals surface area contributed by atoms with Crippen LogP contribution in [0.25, 0.3) is 16.9 Å². The van der Waals surface area contributed by atoms with Crippen LogP contribution < -0.4 is 11.3 Å². The summed E-state index contributed by atoms with van der Waals surface area (Å²) in [6.07, 6.45) is 0. The molecule has 0 unspecified atom stereocenters. The molecular weight excluding hydrogens is 274 g/mol. The normalized spacial score (nSPS) is 10.7. The second-order valence-corrected chi connectivity index (χ2v) is 4.84. The van der Waals surface area contributed by atoms with E-state index in [9.17, 15) is 4.79 Å². The lowest BCUT2D eigenvalue weighted by molar-refractivity contribution is 0.853. The predicted octanol–water partition coefficient (Wildman–Crippen LogP) is 3.07. The molecule has 1 heterocycles. The molecule has 0 radical (unpaired) electrons. The minimum atomic E-state index is -0.148. The summed E-state index contributed by atoms with van der Waals surface area (Å²) in [6, 6.07) is 16.0. The monoisotopic (exact) mass is 285 g/mol. The van der Waals surface area contributed by atoms with Crippen LogP contribution in [0.1, 0.15) is 0 Å². The van der Waals surface area contributed by atoms with E-state index in [1.165, 1.54) is 10.7 Å². The van der Waals surface area contributed by atoms with Gasteiger partial charge in [-0.2, -0.15) is 0 Å². The van der Waals surface area contributed by atoms with E-state index in [0.29, 0.717) is 16.4 Å². The molecule has 5 heteroatoms. The number of anilines is 1. The van der Waals surface area contributed by atoms with E-state index in [-0.39, 0.29) is 5.56 Å². The number of nitrogens with one attached hydrogen (secondary N) is 1. The summed E-state index contributed by atoms with van der Waals surface area (Å²) in [4.78, 5) is 12.1. The minimum absolute atomic E-state index is 0.148. The molecular formula is C15H12ClN3O. The van der Waals surface area contributed by atoms with E-state index >= 15 is 0 Å². The Morgan fingerprint density at radius 3 is 2.45 bits per heavy atom. The first-order chi connectivity index (χ1) is 9.65. The Labute approximate surface area is 120 Å². The average Bonchev–Trinajstić information content (AvgIpc) is 2.82. The van der Waals surface area contributed by atoms with Crippen LogP contribution in [0.2, 0.25) is 5.02 Å². The smallest absolute Gasteiger partial charge is 0.271 e. The lowest BCUT2D eigenvalue weighted by atomic mass is 10.1. The quantitative estimate of drug-likeness (QED) is 0.711. The van der Waals surface area contributed by atoms with Gasteiger partial charge in [-0.25, -0.2) is 4.68 Å². The molecule has 20 heavy (non-hydrogen) atoms. The Kier molecular flexibility index (Phi) is 3.08. The van der Waals surface area contributed by atoms with Crippen molar-refractivity contribution in [2.24, 2.45) is 0 Å². The molecule has 4 nitrogen and oxygen atoms in total. The van der Waals surface area contributed by atoms with Crippen molar-refractivity contribution in [3.63, 3.8) is 0 Å². The molecule has 1 aromatic heterocycles. The van der Waals surface area contributed by atoms with Gasteiger partial charge in [0.2, 0.25) is 0 Å². The van der Waals surface area contributed by atoms with Gasteiger partial charge in [-0.1, -0.05) is 29.8 Å². The van der Waals surface area contributed by atoms with Crippen molar-refractivity contribution in [3.05, 3.63) is 70.0 Å². The lowest BCUT2D eigenvalue weighted by Gasteiger charge is -2.04. The molecule has 100 valence electrons. The summed E-state index contributed by atoms with van der Waals surface area (Å²) < 4.78 is 1.46. The van der Waals surface area contributed by atoms with Crippen molar-refractivity contribution in [1.82, 2.24) is 9.78 Å². The van der Waals surface area contributed by atoms with E-state index in [1.54, 1.807) is 30.3 Å². The predicted molar refractivity (Wildman–Crippen MR) is 81.2 cm³/mol. The fourth-order valence-electron chi connectivity index (χ4n) is 2.06. The maximum atomic E-state index is 12.1. The third-order valence-corrected chi connectivity index (χ3v) is 3.31. The van der Waals surface area contributed by atoms with Gasteiger partial charge in [0.05, 0.1) is 11.4 Å². The van der Waals surface area contributed by atoms with Gasteiger partial charge >= 0.3 is 0 Å². The SMILES string of the molecule is Nc1ccccc1-c1cc(=O)n(-c2ccc(Cl)cc2)[nH]1. The van der Waals surface area contributed by atoms with Crippen LogP contribution in [0.15, 0.2) is 59.4 Å². The molecule has 0 spiro atoms.